The molecule has 1 aromatic carbocycles. The molecule has 6 heteroatoms. The van der Waals surface area contributed by atoms with Gasteiger partial charge in [-0.15, -0.1) is 0 Å². The van der Waals surface area contributed by atoms with Gasteiger partial charge in [-0.1, -0.05) is 63.3 Å². The van der Waals surface area contributed by atoms with Crippen LogP contribution in [0.1, 0.15) is 45.6 Å². The van der Waals surface area contributed by atoms with E-state index < -0.39 is 0 Å². The molecule has 27 heavy (non-hydrogen) atoms. The van der Waals surface area contributed by atoms with E-state index in [1.807, 2.05) is 0 Å². The van der Waals surface area contributed by atoms with Gasteiger partial charge >= 0.3 is 0 Å². The second kappa shape index (κ2) is 11.0. The molecule has 2 fully saturated rings. The summed E-state index contributed by atoms with van der Waals surface area (Å²) in [6.07, 6.45) is 6.31. The van der Waals surface area contributed by atoms with Gasteiger partial charge in [-0.05, 0) is 36.3 Å². The zero-order valence-electron chi connectivity index (χ0n) is 15.7. The fourth-order valence-corrected chi connectivity index (χ4v) is 4.75. The summed E-state index contributed by atoms with van der Waals surface area (Å²) in [5.74, 6) is 0.917. The van der Waals surface area contributed by atoms with Crippen molar-refractivity contribution in [1.29, 1.82) is 0 Å². The zero-order valence-corrected chi connectivity index (χ0v) is 17.3. The first-order valence-corrected chi connectivity index (χ1v) is 11.1. The monoisotopic (exact) mass is 406 g/mol. The molecule has 1 aromatic rings. The zero-order chi connectivity index (χ0) is 18.4. The van der Waals surface area contributed by atoms with E-state index in [2.05, 4.69) is 46.0 Å². The van der Waals surface area contributed by atoms with Crippen LogP contribution < -0.4 is 10.6 Å². The second-order valence-electron chi connectivity index (χ2n) is 7.08. The van der Waals surface area contributed by atoms with Gasteiger partial charge < -0.3 is 10.6 Å². The molecule has 0 radical (unpaired) electrons. The van der Waals surface area contributed by atoms with E-state index in [-0.39, 0.29) is 7.43 Å². The van der Waals surface area contributed by atoms with Crippen LogP contribution in [0.4, 0.5) is 5.69 Å². The largest absolute Gasteiger partial charge is 0.378 e. The highest BCUT2D eigenvalue weighted by atomic mass is 32.2. The Bertz CT molecular complexity index is 616. The molecule has 1 heterocycles. The minimum absolute atomic E-state index is 0. The molecule has 0 amide bonds. The van der Waals surface area contributed by atoms with Crippen LogP contribution in [0.5, 0.6) is 0 Å². The van der Waals surface area contributed by atoms with Gasteiger partial charge in [0.15, 0.2) is 5.17 Å². The molecule has 0 spiro atoms. The smallest absolute Gasteiger partial charge is 0.159 e. The first-order chi connectivity index (χ1) is 12.7. The second-order valence-corrected chi connectivity index (χ2v) is 8.84. The number of anilines is 1. The van der Waals surface area contributed by atoms with E-state index in [4.69, 9.17) is 18.0 Å². The number of nitrogens with two attached hydrogens (primary N) is 1. The topological polar surface area (TPSA) is 44.9 Å². The Balaban J connectivity index is 0.00000261. The number of piperazine rings is 1. The predicted octanol–water partition coefficient (Wildman–Crippen LogP) is 4.33. The number of benzene rings is 1. The van der Waals surface area contributed by atoms with Crippen molar-refractivity contribution in [1.82, 2.24) is 4.90 Å². The molecule has 2 N–H and O–H groups in total. The summed E-state index contributed by atoms with van der Waals surface area (Å²) in [5, 5.41) is 0.564. The summed E-state index contributed by atoms with van der Waals surface area (Å²) in [6.45, 7) is 6.70. The van der Waals surface area contributed by atoms with Crippen LogP contribution in [0.3, 0.4) is 0 Å². The lowest BCUT2D eigenvalue weighted by molar-refractivity contribution is 0.187. The Morgan fingerprint density at radius 1 is 1.15 bits per heavy atom. The first-order valence-electron chi connectivity index (χ1n) is 9.73. The van der Waals surface area contributed by atoms with Crippen LogP contribution >= 0.6 is 24.0 Å². The molecule has 1 aliphatic carbocycles. The molecule has 3 rings (SSSR count). The van der Waals surface area contributed by atoms with Crippen LogP contribution in [0.2, 0.25) is 0 Å². The maximum absolute atomic E-state index is 5.83. The van der Waals surface area contributed by atoms with Gasteiger partial charge in [0.25, 0.3) is 0 Å². The summed E-state index contributed by atoms with van der Waals surface area (Å²) in [4.78, 5) is 10.2. The standard InChI is InChI=1S/C20H30N4S2.CH4/c1-2-26-20(21)22-19(25)15-16-7-9-18(10-8-16)24-13-11-23(12-14-24)17-5-3-4-6-17;/h7-10,17H,2-6,11-15H2,1H3,(H2,21,22,25);1H4. The number of thioether (sulfide) groups is 1. The summed E-state index contributed by atoms with van der Waals surface area (Å²) in [5.41, 5.74) is 8.34. The van der Waals surface area contributed by atoms with Crippen LogP contribution in [-0.2, 0) is 6.42 Å². The Morgan fingerprint density at radius 2 is 1.78 bits per heavy atom. The third-order valence-electron chi connectivity index (χ3n) is 5.34. The van der Waals surface area contributed by atoms with Crippen molar-refractivity contribution < 1.29 is 0 Å². The summed E-state index contributed by atoms with van der Waals surface area (Å²) >= 11 is 6.88. The molecule has 1 aliphatic heterocycles. The van der Waals surface area contributed by atoms with Crippen molar-refractivity contribution in [2.24, 2.45) is 10.7 Å². The van der Waals surface area contributed by atoms with Crippen molar-refractivity contribution in [3.63, 3.8) is 0 Å². The van der Waals surface area contributed by atoms with E-state index in [1.165, 1.54) is 61.8 Å². The van der Waals surface area contributed by atoms with Gasteiger partial charge in [-0.3, -0.25) is 4.90 Å². The predicted molar refractivity (Wildman–Crippen MR) is 125 cm³/mol. The van der Waals surface area contributed by atoms with Gasteiger partial charge in [0.05, 0.1) is 0 Å². The summed E-state index contributed by atoms with van der Waals surface area (Å²) in [7, 11) is 0. The highest BCUT2D eigenvalue weighted by Crippen LogP contribution is 2.25. The summed E-state index contributed by atoms with van der Waals surface area (Å²) in [6, 6.07) is 9.63. The Kier molecular flexibility index (Phi) is 9.06. The van der Waals surface area contributed by atoms with Gasteiger partial charge in [0.1, 0.15) is 4.99 Å². The fourth-order valence-electron chi connectivity index (χ4n) is 3.96. The minimum atomic E-state index is 0. The van der Waals surface area contributed by atoms with E-state index >= 15 is 0 Å². The third-order valence-corrected chi connectivity index (χ3v) is 6.25. The molecule has 0 unspecified atom stereocenters. The molecule has 150 valence electrons. The maximum Gasteiger partial charge on any atom is 0.159 e. The van der Waals surface area contributed by atoms with Crippen LogP contribution in [0.25, 0.3) is 0 Å². The van der Waals surface area contributed by atoms with Crippen molar-refractivity contribution in [2.45, 2.75) is 52.5 Å². The lowest BCUT2D eigenvalue weighted by atomic mass is 10.1. The highest BCUT2D eigenvalue weighted by Gasteiger charge is 2.26. The summed E-state index contributed by atoms with van der Waals surface area (Å²) < 4.78 is 0. The quantitative estimate of drug-likeness (QED) is 0.448. The van der Waals surface area contributed by atoms with E-state index in [9.17, 15) is 0 Å². The van der Waals surface area contributed by atoms with Crippen molar-refractivity contribution in [2.75, 3.05) is 36.8 Å². The lowest BCUT2D eigenvalue weighted by Crippen LogP contribution is -2.49. The molecular weight excluding hydrogens is 372 g/mol. The van der Waals surface area contributed by atoms with Gasteiger partial charge in [0.2, 0.25) is 0 Å². The fraction of sp³-hybridized carbons (Fsp3) is 0.619. The molecule has 0 atom stereocenters. The van der Waals surface area contributed by atoms with Crippen LogP contribution in [0.15, 0.2) is 29.3 Å². The highest BCUT2D eigenvalue weighted by molar-refractivity contribution is 8.13. The maximum atomic E-state index is 5.83. The molecule has 4 nitrogen and oxygen atoms in total. The van der Waals surface area contributed by atoms with E-state index in [0.29, 0.717) is 16.6 Å². The normalized spacial score (nSPS) is 19.1. The number of hydrogen-bond donors (Lipinski definition) is 1. The SMILES string of the molecule is C.CCSC(N)=NC(=S)Cc1ccc(N2CCN(C3CCCC3)CC2)cc1. The van der Waals surface area contributed by atoms with Crippen LogP contribution in [0, 0.1) is 0 Å². The lowest BCUT2D eigenvalue weighted by Gasteiger charge is -2.39. The number of nitrogens with zero attached hydrogens (tertiary/aromatic N) is 3. The van der Waals surface area contributed by atoms with Gasteiger partial charge in [-0.2, -0.15) is 0 Å². The number of aliphatic imine (C=N–C) groups is 1. The van der Waals surface area contributed by atoms with E-state index in [1.54, 1.807) is 0 Å². The average molecular weight is 407 g/mol. The molecule has 2 aliphatic rings. The minimum Gasteiger partial charge on any atom is -0.378 e. The molecular formula is C21H34N4S2. The van der Waals surface area contributed by atoms with Gasteiger partial charge in [0, 0.05) is 44.3 Å². The molecule has 0 bridgehead atoms. The third kappa shape index (κ3) is 6.47. The average Bonchev–Trinajstić information content (AvgIpc) is 3.17. The van der Waals surface area contributed by atoms with Crippen LogP contribution in [-0.4, -0.2) is 53.0 Å². The van der Waals surface area contributed by atoms with Crippen molar-refractivity contribution in [3.05, 3.63) is 29.8 Å². The Morgan fingerprint density at radius 3 is 2.37 bits per heavy atom. The molecule has 1 saturated heterocycles. The number of thiocarbonyl (C=S) groups is 1. The van der Waals surface area contributed by atoms with Crippen molar-refractivity contribution >= 4 is 39.8 Å². The number of amidine groups is 1. The molecule has 1 saturated carbocycles. The number of hydrogen-bond acceptors (Lipinski definition) is 4. The Labute approximate surface area is 174 Å². The molecule has 0 aromatic heterocycles. The first kappa shape index (κ1) is 22.2. The van der Waals surface area contributed by atoms with Gasteiger partial charge in [-0.25, -0.2) is 4.99 Å². The van der Waals surface area contributed by atoms with E-state index in [0.717, 1.165) is 24.9 Å². The Hall–Kier alpha value is -1.11. The number of rotatable bonds is 5. The van der Waals surface area contributed by atoms with Crippen molar-refractivity contribution in [3.8, 4) is 0 Å².